The summed E-state index contributed by atoms with van der Waals surface area (Å²) >= 11 is 0. The lowest BCUT2D eigenvalue weighted by molar-refractivity contribution is -0.156. The van der Waals surface area contributed by atoms with Gasteiger partial charge in [0, 0.05) is 0 Å². The third-order valence-corrected chi connectivity index (χ3v) is 6.10. The molecule has 4 heteroatoms. The number of rotatable bonds is 17. The Kier molecular flexibility index (Phi) is 14.7. The molecule has 0 heterocycles. The summed E-state index contributed by atoms with van der Waals surface area (Å²) in [5.74, 6) is -0.307. The van der Waals surface area contributed by atoms with Crippen LogP contribution in [0.1, 0.15) is 91.0 Å². The molecule has 176 valence electrons. The van der Waals surface area contributed by atoms with E-state index < -0.39 is 5.92 Å². The summed E-state index contributed by atoms with van der Waals surface area (Å²) in [6.45, 7) is 9.49. The molecule has 1 rings (SSSR count). The van der Waals surface area contributed by atoms with Crippen LogP contribution in [0.2, 0.25) is 0 Å². The topological polar surface area (TPSA) is 52.6 Å². The van der Waals surface area contributed by atoms with E-state index in [-0.39, 0.29) is 18.4 Å². The average Bonchev–Trinajstić information content (AvgIpc) is 2.79. The van der Waals surface area contributed by atoms with Crippen LogP contribution in [0.25, 0.3) is 0 Å². The Morgan fingerprint density at radius 3 is 1.87 bits per heavy atom. The van der Waals surface area contributed by atoms with Crippen LogP contribution in [0.15, 0.2) is 30.3 Å². The molecule has 0 aliphatic carbocycles. The molecule has 31 heavy (non-hydrogen) atoms. The van der Waals surface area contributed by atoms with Gasteiger partial charge in [-0.2, -0.15) is 0 Å². The number of benzene rings is 1. The lowest BCUT2D eigenvalue weighted by Gasteiger charge is -2.20. The van der Waals surface area contributed by atoms with Crippen molar-refractivity contribution >= 4 is 11.9 Å². The molecule has 0 saturated heterocycles. The van der Waals surface area contributed by atoms with Crippen LogP contribution in [0.5, 0.6) is 0 Å². The second-order valence-electron chi connectivity index (χ2n) is 8.74. The van der Waals surface area contributed by atoms with Crippen molar-refractivity contribution in [2.45, 2.75) is 91.9 Å². The van der Waals surface area contributed by atoms with Crippen molar-refractivity contribution in [3.8, 4) is 0 Å². The number of esters is 2. The van der Waals surface area contributed by atoms with Gasteiger partial charge in [-0.25, -0.2) is 0 Å². The smallest absolute Gasteiger partial charge is 0.309 e. The summed E-state index contributed by atoms with van der Waals surface area (Å²) in [6, 6.07) is 9.83. The highest BCUT2D eigenvalue weighted by molar-refractivity contribution is 5.80. The summed E-state index contributed by atoms with van der Waals surface area (Å²) in [5, 5.41) is 0. The molecule has 3 unspecified atom stereocenters. The van der Waals surface area contributed by atoms with E-state index in [1.807, 2.05) is 30.3 Å². The fourth-order valence-corrected chi connectivity index (χ4v) is 3.72. The van der Waals surface area contributed by atoms with Crippen LogP contribution in [0, 0.1) is 17.8 Å². The molecular formula is C27H44O4. The Morgan fingerprint density at radius 2 is 1.35 bits per heavy atom. The summed E-state index contributed by atoms with van der Waals surface area (Å²) in [6.07, 6.45) is 9.29. The second-order valence-corrected chi connectivity index (χ2v) is 8.74. The highest BCUT2D eigenvalue weighted by atomic mass is 16.5. The molecule has 0 amide bonds. The summed E-state index contributed by atoms with van der Waals surface area (Å²) in [4.78, 5) is 25.4. The van der Waals surface area contributed by atoms with Crippen LogP contribution < -0.4 is 0 Å². The van der Waals surface area contributed by atoms with Gasteiger partial charge in [-0.05, 0) is 36.7 Å². The molecule has 4 nitrogen and oxygen atoms in total. The van der Waals surface area contributed by atoms with Gasteiger partial charge in [-0.3, -0.25) is 9.59 Å². The van der Waals surface area contributed by atoms with E-state index in [9.17, 15) is 9.59 Å². The van der Waals surface area contributed by atoms with Crippen LogP contribution in [0.4, 0.5) is 0 Å². The zero-order valence-electron chi connectivity index (χ0n) is 20.2. The van der Waals surface area contributed by atoms with Crippen molar-refractivity contribution < 1.29 is 19.1 Å². The Morgan fingerprint density at radius 1 is 0.806 bits per heavy atom. The Bertz CT molecular complexity index is 599. The van der Waals surface area contributed by atoms with Gasteiger partial charge in [0.25, 0.3) is 0 Å². The molecule has 0 bridgehead atoms. The van der Waals surface area contributed by atoms with E-state index in [4.69, 9.17) is 9.47 Å². The lowest BCUT2D eigenvalue weighted by atomic mass is 9.96. The number of ether oxygens (including phenoxy) is 2. The first kappa shape index (κ1) is 27.2. The quantitative estimate of drug-likeness (QED) is 0.255. The molecule has 0 radical (unpaired) electrons. The third kappa shape index (κ3) is 11.9. The molecule has 0 fully saturated rings. The van der Waals surface area contributed by atoms with E-state index in [0.717, 1.165) is 56.9 Å². The number of hydrogen-bond donors (Lipinski definition) is 0. The molecular weight excluding hydrogens is 388 g/mol. The van der Waals surface area contributed by atoms with Gasteiger partial charge in [0.15, 0.2) is 0 Å². The largest absolute Gasteiger partial charge is 0.465 e. The van der Waals surface area contributed by atoms with Crippen LogP contribution >= 0.6 is 0 Å². The SMILES string of the molecule is CCCCC(CC)COC(=O)CC(Cc1ccccc1)C(=O)OCC(CC)CCCC. The van der Waals surface area contributed by atoms with Crippen molar-refractivity contribution in [2.75, 3.05) is 13.2 Å². The minimum atomic E-state index is -0.505. The molecule has 0 aliphatic rings. The number of carbonyl (C=O) groups excluding carboxylic acids is 2. The highest BCUT2D eigenvalue weighted by Crippen LogP contribution is 2.19. The molecule has 3 atom stereocenters. The first-order valence-electron chi connectivity index (χ1n) is 12.4. The molecule has 1 aromatic carbocycles. The first-order chi connectivity index (χ1) is 15.0. The van der Waals surface area contributed by atoms with Crippen molar-refractivity contribution in [3.63, 3.8) is 0 Å². The van der Waals surface area contributed by atoms with Gasteiger partial charge in [-0.15, -0.1) is 0 Å². The Labute approximate surface area is 190 Å². The van der Waals surface area contributed by atoms with Crippen LogP contribution in [-0.2, 0) is 25.5 Å². The molecule has 0 aromatic heterocycles. The Balaban J connectivity index is 2.68. The minimum Gasteiger partial charge on any atom is -0.465 e. The predicted molar refractivity (Wildman–Crippen MR) is 127 cm³/mol. The molecule has 0 spiro atoms. The fourth-order valence-electron chi connectivity index (χ4n) is 3.72. The average molecular weight is 433 g/mol. The Hall–Kier alpha value is -1.84. The van der Waals surface area contributed by atoms with E-state index in [1.54, 1.807) is 0 Å². The predicted octanol–water partition coefficient (Wildman–Crippen LogP) is 6.75. The van der Waals surface area contributed by atoms with Gasteiger partial charge in [0.2, 0.25) is 0 Å². The summed E-state index contributed by atoms with van der Waals surface area (Å²) in [5.41, 5.74) is 1.03. The van der Waals surface area contributed by atoms with Gasteiger partial charge in [0.1, 0.15) is 0 Å². The monoisotopic (exact) mass is 432 g/mol. The normalized spacial score (nSPS) is 13.9. The zero-order valence-corrected chi connectivity index (χ0v) is 20.2. The van der Waals surface area contributed by atoms with E-state index >= 15 is 0 Å². The fraction of sp³-hybridized carbons (Fsp3) is 0.704. The first-order valence-corrected chi connectivity index (χ1v) is 12.4. The third-order valence-electron chi connectivity index (χ3n) is 6.10. The summed E-state index contributed by atoms with van der Waals surface area (Å²) in [7, 11) is 0. The molecule has 0 aliphatic heterocycles. The highest BCUT2D eigenvalue weighted by Gasteiger charge is 2.26. The van der Waals surface area contributed by atoms with Crippen molar-refractivity contribution in [3.05, 3.63) is 35.9 Å². The van der Waals surface area contributed by atoms with E-state index in [1.165, 1.54) is 0 Å². The van der Waals surface area contributed by atoms with Crippen LogP contribution in [0.3, 0.4) is 0 Å². The standard InChI is InChI=1S/C27H44O4/c1-5-9-14-22(7-3)20-30-26(28)19-25(18-24-16-12-11-13-17-24)27(29)31-21-23(8-4)15-10-6-2/h11-13,16-17,22-23,25H,5-10,14-15,18-21H2,1-4H3. The zero-order chi connectivity index (χ0) is 22.9. The second kappa shape index (κ2) is 16.8. The number of hydrogen-bond acceptors (Lipinski definition) is 4. The van der Waals surface area contributed by atoms with Crippen molar-refractivity contribution in [1.29, 1.82) is 0 Å². The maximum absolute atomic E-state index is 12.9. The summed E-state index contributed by atoms with van der Waals surface area (Å²) < 4.78 is 11.2. The van der Waals surface area contributed by atoms with Gasteiger partial charge in [0.05, 0.1) is 25.6 Å². The maximum atomic E-state index is 12.9. The molecule has 1 aromatic rings. The lowest BCUT2D eigenvalue weighted by Crippen LogP contribution is -2.26. The van der Waals surface area contributed by atoms with Gasteiger partial charge in [-0.1, -0.05) is 96.6 Å². The van der Waals surface area contributed by atoms with Crippen molar-refractivity contribution in [1.82, 2.24) is 0 Å². The molecule has 0 saturated carbocycles. The van der Waals surface area contributed by atoms with E-state index in [0.29, 0.717) is 31.5 Å². The van der Waals surface area contributed by atoms with Crippen LogP contribution in [-0.4, -0.2) is 25.2 Å². The van der Waals surface area contributed by atoms with Crippen molar-refractivity contribution in [2.24, 2.45) is 17.8 Å². The minimum absolute atomic E-state index is 0.0731. The number of unbranched alkanes of at least 4 members (excludes halogenated alkanes) is 2. The van der Waals surface area contributed by atoms with E-state index in [2.05, 4.69) is 27.7 Å². The van der Waals surface area contributed by atoms with Gasteiger partial charge < -0.3 is 9.47 Å². The van der Waals surface area contributed by atoms with Gasteiger partial charge >= 0.3 is 11.9 Å². The number of carbonyl (C=O) groups is 2. The maximum Gasteiger partial charge on any atom is 0.309 e. The molecule has 0 N–H and O–H groups in total.